The van der Waals surface area contributed by atoms with Crippen molar-refractivity contribution in [3.8, 4) is 0 Å². The Kier molecular flexibility index (Phi) is 2.56. The highest BCUT2D eigenvalue weighted by molar-refractivity contribution is 9.13. The Hall–Kier alpha value is -0.800. The lowest BCUT2D eigenvalue weighted by molar-refractivity contribution is 1.40. The van der Waals surface area contributed by atoms with Gasteiger partial charge in [0.2, 0.25) is 0 Å². The summed E-state index contributed by atoms with van der Waals surface area (Å²) in [6.45, 7) is 4.29. The summed E-state index contributed by atoms with van der Waals surface area (Å²) in [5.41, 5.74) is 5.00. The molecule has 1 aromatic heterocycles. The maximum atomic E-state index is 3.56. The van der Waals surface area contributed by atoms with Gasteiger partial charge in [-0.15, -0.1) is 0 Å². The molecule has 3 heteroatoms. The first-order valence-electron chi connectivity index (χ1n) is 5.44. The van der Waals surface area contributed by atoms with Crippen LogP contribution in [0.5, 0.6) is 0 Å². The number of benzene rings is 2. The molecule has 0 spiro atoms. The molecule has 0 atom stereocenters. The molecule has 3 rings (SSSR count). The molecular weight excluding hydrogens is 342 g/mol. The zero-order valence-corrected chi connectivity index (χ0v) is 12.7. The molecule has 0 saturated heterocycles. The smallest absolute Gasteiger partial charge is 0.0494 e. The van der Waals surface area contributed by atoms with Crippen LogP contribution in [0.1, 0.15) is 11.1 Å². The second-order valence-electron chi connectivity index (χ2n) is 4.44. The van der Waals surface area contributed by atoms with E-state index < -0.39 is 0 Å². The summed E-state index contributed by atoms with van der Waals surface area (Å²) in [5.74, 6) is 0. The summed E-state index contributed by atoms with van der Waals surface area (Å²) >= 11 is 7.10. The Labute approximate surface area is 116 Å². The van der Waals surface area contributed by atoms with Crippen molar-refractivity contribution in [1.29, 1.82) is 0 Å². The highest BCUT2D eigenvalue weighted by atomic mass is 79.9. The number of hydrogen-bond donors (Lipinski definition) is 1. The van der Waals surface area contributed by atoms with Gasteiger partial charge in [0, 0.05) is 30.8 Å². The Balaban J connectivity index is 2.55. The van der Waals surface area contributed by atoms with Crippen LogP contribution in [-0.4, -0.2) is 4.98 Å². The van der Waals surface area contributed by atoms with Crippen molar-refractivity contribution in [2.45, 2.75) is 13.8 Å². The predicted molar refractivity (Wildman–Crippen MR) is 80.7 cm³/mol. The fourth-order valence-corrected chi connectivity index (χ4v) is 3.04. The minimum atomic E-state index is 1.07. The van der Waals surface area contributed by atoms with Crippen LogP contribution in [0.3, 0.4) is 0 Å². The molecule has 0 aliphatic carbocycles. The van der Waals surface area contributed by atoms with Gasteiger partial charge in [-0.25, -0.2) is 0 Å². The zero-order valence-electron chi connectivity index (χ0n) is 9.57. The summed E-state index contributed by atoms with van der Waals surface area (Å²) in [4.78, 5) is 3.49. The molecule has 17 heavy (non-hydrogen) atoms. The number of fused-ring (bicyclic) bond motifs is 3. The van der Waals surface area contributed by atoms with Crippen LogP contribution in [0.25, 0.3) is 21.8 Å². The standard InChI is InChI=1S/C14H11Br2N/c1-7-3-8(2)14-10(4-7)9-5-11(15)12(16)6-13(9)17-14/h3-6,17H,1-2H3. The minimum absolute atomic E-state index is 1.07. The van der Waals surface area contributed by atoms with Crippen LogP contribution in [0.2, 0.25) is 0 Å². The number of hydrogen-bond acceptors (Lipinski definition) is 0. The Bertz CT molecular complexity index is 741. The largest absolute Gasteiger partial charge is 0.354 e. The Morgan fingerprint density at radius 3 is 2.35 bits per heavy atom. The van der Waals surface area contributed by atoms with Gasteiger partial charge in [-0.2, -0.15) is 0 Å². The van der Waals surface area contributed by atoms with E-state index in [1.54, 1.807) is 0 Å². The van der Waals surface area contributed by atoms with E-state index >= 15 is 0 Å². The minimum Gasteiger partial charge on any atom is -0.354 e. The molecule has 0 radical (unpaired) electrons. The maximum absolute atomic E-state index is 3.56. The van der Waals surface area contributed by atoms with E-state index in [4.69, 9.17) is 0 Å². The average molecular weight is 353 g/mol. The number of aromatic nitrogens is 1. The summed E-state index contributed by atoms with van der Waals surface area (Å²) in [5, 5.41) is 2.56. The molecule has 0 fully saturated rings. The van der Waals surface area contributed by atoms with Crippen LogP contribution < -0.4 is 0 Å². The average Bonchev–Trinajstić information content (AvgIpc) is 2.58. The lowest BCUT2D eigenvalue weighted by Gasteiger charge is -1.99. The summed E-state index contributed by atoms with van der Waals surface area (Å²) < 4.78 is 2.16. The van der Waals surface area contributed by atoms with E-state index in [1.165, 1.54) is 32.9 Å². The normalized spacial score (nSPS) is 11.5. The van der Waals surface area contributed by atoms with E-state index in [-0.39, 0.29) is 0 Å². The molecule has 0 bridgehead atoms. The van der Waals surface area contributed by atoms with Gasteiger partial charge in [-0.05, 0) is 69.5 Å². The van der Waals surface area contributed by atoms with Crippen LogP contribution >= 0.6 is 31.9 Å². The topological polar surface area (TPSA) is 15.8 Å². The zero-order chi connectivity index (χ0) is 12.2. The van der Waals surface area contributed by atoms with Crippen LogP contribution in [0, 0.1) is 13.8 Å². The van der Waals surface area contributed by atoms with Crippen molar-refractivity contribution in [2.75, 3.05) is 0 Å². The van der Waals surface area contributed by atoms with Gasteiger partial charge in [0.05, 0.1) is 0 Å². The number of halogens is 2. The highest BCUT2D eigenvalue weighted by Crippen LogP contribution is 2.34. The molecule has 0 aliphatic rings. The van der Waals surface area contributed by atoms with Gasteiger partial charge < -0.3 is 4.98 Å². The third kappa shape index (κ3) is 1.72. The van der Waals surface area contributed by atoms with Gasteiger partial charge in [0.25, 0.3) is 0 Å². The Morgan fingerprint density at radius 1 is 0.882 bits per heavy atom. The van der Waals surface area contributed by atoms with E-state index in [2.05, 4.69) is 75.0 Å². The quantitative estimate of drug-likeness (QED) is 0.552. The molecular formula is C14H11Br2N. The summed E-state index contributed by atoms with van der Waals surface area (Å²) in [6.07, 6.45) is 0. The van der Waals surface area contributed by atoms with E-state index in [0.717, 1.165) is 8.95 Å². The fraction of sp³-hybridized carbons (Fsp3) is 0.143. The van der Waals surface area contributed by atoms with Crippen LogP contribution in [-0.2, 0) is 0 Å². The van der Waals surface area contributed by atoms with Crippen molar-refractivity contribution in [2.24, 2.45) is 0 Å². The highest BCUT2D eigenvalue weighted by Gasteiger charge is 2.09. The number of aryl methyl sites for hydroxylation is 2. The van der Waals surface area contributed by atoms with Crippen molar-refractivity contribution >= 4 is 53.7 Å². The predicted octanol–water partition coefficient (Wildman–Crippen LogP) is 5.46. The van der Waals surface area contributed by atoms with E-state index in [1.807, 2.05) is 0 Å². The molecule has 2 aromatic carbocycles. The molecule has 0 unspecified atom stereocenters. The number of nitrogens with one attached hydrogen (secondary N) is 1. The van der Waals surface area contributed by atoms with Gasteiger partial charge in [-0.3, -0.25) is 0 Å². The second-order valence-corrected chi connectivity index (χ2v) is 6.15. The van der Waals surface area contributed by atoms with Gasteiger partial charge in [0.1, 0.15) is 0 Å². The number of H-pyrrole nitrogens is 1. The van der Waals surface area contributed by atoms with E-state index in [0.29, 0.717) is 0 Å². The van der Waals surface area contributed by atoms with Crippen LogP contribution in [0.4, 0.5) is 0 Å². The lowest BCUT2D eigenvalue weighted by atomic mass is 10.1. The first-order valence-corrected chi connectivity index (χ1v) is 7.02. The third-order valence-corrected chi connectivity index (χ3v) is 4.93. The Morgan fingerprint density at radius 2 is 1.59 bits per heavy atom. The van der Waals surface area contributed by atoms with Gasteiger partial charge >= 0.3 is 0 Å². The van der Waals surface area contributed by atoms with Crippen molar-refractivity contribution in [3.05, 3.63) is 44.3 Å². The first kappa shape index (κ1) is 11.3. The monoisotopic (exact) mass is 351 g/mol. The molecule has 1 N–H and O–H groups in total. The van der Waals surface area contributed by atoms with E-state index in [9.17, 15) is 0 Å². The maximum Gasteiger partial charge on any atom is 0.0494 e. The summed E-state index contributed by atoms with van der Waals surface area (Å²) in [7, 11) is 0. The molecule has 1 heterocycles. The third-order valence-electron chi connectivity index (χ3n) is 3.09. The van der Waals surface area contributed by atoms with Gasteiger partial charge in [0.15, 0.2) is 0 Å². The lowest BCUT2D eigenvalue weighted by Crippen LogP contribution is -1.78. The van der Waals surface area contributed by atoms with Gasteiger partial charge in [-0.1, -0.05) is 11.6 Å². The van der Waals surface area contributed by atoms with Crippen molar-refractivity contribution in [3.63, 3.8) is 0 Å². The molecule has 0 aliphatic heterocycles. The molecule has 86 valence electrons. The molecule has 3 aromatic rings. The molecule has 0 amide bonds. The van der Waals surface area contributed by atoms with Crippen LogP contribution in [0.15, 0.2) is 33.2 Å². The SMILES string of the molecule is Cc1cc(C)c2[nH]c3cc(Br)c(Br)cc3c2c1. The first-order chi connectivity index (χ1) is 8.06. The fourth-order valence-electron chi connectivity index (χ4n) is 2.35. The van der Waals surface area contributed by atoms with Crippen molar-refractivity contribution < 1.29 is 0 Å². The molecule has 0 saturated carbocycles. The number of rotatable bonds is 0. The van der Waals surface area contributed by atoms with Crippen molar-refractivity contribution in [1.82, 2.24) is 4.98 Å². The number of aromatic amines is 1. The molecule has 1 nitrogen and oxygen atoms in total. The summed E-state index contributed by atoms with van der Waals surface area (Å²) in [6, 6.07) is 8.73. The second kappa shape index (κ2) is 3.85.